The molecule has 5 heteroatoms. The number of fused-ring (bicyclic) bond motifs is 1. The minimum Gasteiger partial charge on any atom is -0.496 e. The van der Waals surface area contributed by atoms with Crippen LogP contribution >= 0.6 is 0 Å². The lowest BCUT2D eigenvalue weighted by molar-refractivity contribution is 0.0921. The lowest BCUT2D eigenvalue weighted by atomic mass is 10.0. The zero-order chi connectivity index (χ0) is 21.1. The zero-order valence-corrected chi connectivity index (χ0v) is 16.7. The number of ether oxygens (including phenoxy) is 2. The van der Waals surface area contributed by atoms with Crippen LogP contribution in [0.15, 0.2) is 82.0 Å². The van der Waals surface area contributed by atoms with Gasteiger partial charge >= 0.3 is 0 Å². The van der Waals surface area contributed by atoms with Crippen LogP contribution in [0.3, 0.4) is 0 Å². The highest BCUT2D eigenvalue weighted by molar-refractivity contribution is 5.97. The molecule has 0 N–H and O–H groups in total. The first-order valence-corrected chi connectivity index (χ1v) is 9.50. The summed E-state index contributed by atoms with van der Waals surface area (Å²) in [4.78, 5) is 25.4. The number of carbonyl (C=O) groups is 1. The Hall–Kier alpha value is -3.86. The molecule has 3 aromatic carbocycles. The van der Waals surface area contributed by atoms with E-state index in [0.29, 0.717) is 44.9 Å². The second-order valence-corrected chi connectivity index (χ2v) is 6.80. The molecule has 0 bridgehead atoms. The van der Waals surface area contributed by atoms with E-state index in [1.807, 2.05) is 24.3 Å². The van der Waals surface area contributed by atoms with E-state index < -0.39 is 0 Å². The third-order valence-corrected chi connectivity index (χ3v) is 4.88. The van der Waals surface area contributed by atoms with Crippen molar-refractivity contribution in [1.29, 1.82) is 0 Å². The van der Waals surface area contributed by atoms with E-state index in [0.717, 1.165) is 0 Å². The number of hydrogen-bond donors (Lipinski definition) is 0. The number of methoxy groups -OCH3 is 1. The minimum atomic E-state index is -0.148. The van der Waals surface area contributed by atoms with Gasteiger partial charge in [0.15, 0.2) is 12.4 Å². The molecule has 1 heterocycles. The van der Waals surface area contributed by atoms with E-state index in [-0.39, 0.29) is 17.8 Å². The van der Waals surface area contributed by atoms with Crippen LogP contribution < -0.4 is 14.9 Å². The normalized spacial score (nSPS) is 10.7. The molecule has 0 unspecified atom stereocenters. The van der Waals surface area contributed by atoms with Crippen molar-refractivity contribution >= 4 is 16.8 Å². The van der Waals surface area contributed by atoms with Crippen LogP contribution in [0.1, 0.15) is 16.1 Å². The van der Waals surface area contributed by atoms with Gasteiger partial charge in [0.1, 0.15) is 22.8 Å². The molecule has 0 amide bonds. The number of para-hydroxylation sites is 1. The van der Waals surface area contributed by atoms with Crippen LogP contribution in [0.25, 0.3) is 22.1 Å². The lowest BCUT2D eigenvalue weighted by Gasteiger charge is -2.11. The second kappa shape index (κ2) is 8.25. The predicted octanol–water partition coefficient (Wildman–Crippen LogP) is 5.04. The van der Waals surface area contributed by atoms with Gasteiger partial charge in [0.25, 0.3) is 0 Å². The van der Waals surface area contributed by atoms with Crippen molar-refractivity contribution in [3.8, 4) is 22.6 Å². The molecule has 0 aliphatic heterocycles. The largest absolute Gasteiger partial charge is 0.496 e. The first-order valence-electron chi connectivity index (χ1n) is 9.50. The summed E-state index contributed by atoms with van der Waals surface area (Å²) >= 11 is 0. The second-order valence-electron chi connectivity index (χ2n) is 6.80. The van der Waals surface area contributed by atoms with E-state index >= 15 is 0 Å². The molecule has 30 heavy (non-hydrogen) atoms. The standard InChI is InChI=1S/C25H20O5/c1-16-24(19-10-6-7-11-22(19)28-2)25(27)20-13-12-18(14-23(20)30-16)29-15-21(26)17-8-4-3-5-9-17/h3-14H,15H2,1-2H3. The molecule has 4 aromatic rings. The topological polar surface area (TPSA) is 65.7 Å². The third-order valence-electron chi connectivity index (χ3n) is 4.88. The molecule has 0 spiro atoms. The van der Waals surface area contributed by atoms with Crippen molar-refractivity contribution in [2.75, 3.05) is 13.7 Å². The molecule has 5 nitrogen and oxygen atoms in total. The minimum absolute atomic E-state index is 0.0992. The number of aryl methyl sites for hydroxylation is 1. The highest BCUT2D eigenvalue weighted by Crippen LogP contribution is 2.32. The van der Waals surface area contributed by atoms with Gasteiger partial charge in [-0.25, -0.2) is 0 Å². The Bertz CT molecular complexity index is 1270. The van der Waals surface area contributed by atoms with Gasteiger partial charge in [-0.15, -0.1) is 0 Å². The van der Waals surface area contributed by atoms with Gasteiger partial charge in [0, 0.05) is 17.2 Å². The Morgan fingerprint density at radius 2 is 1.70 bits per heavy atom. The average Bonchev–Trinajstić information content (AvgIpc) is 2.78. The summed E-state index contributed by atoms with van der Waals surface area (Å²) in [5.41, 5.74) is 1.99. The van der Waals surface area contributed by atoms with Crippen LogP contribution in [0.4, 0.5) is 0 Å². The predicted molar refractivity (Wildman–Crippen MR) is 115 cm³/mol. The Morgan fingerprint density at radius 3 is 2.47 bits per heavy atom. The molecule has 1 aromatic heterocycles. The maximum Gasteiger partial charge on any atom is 0.200 e. The summed E-state index contributed by atoms with van der Waals surface area (Å²) in [6.45, 7) is 1.65. The molecule has 150 valence electrons. The fourth-order valence-corrected chi connectivity index (χ4v) is 3.39. The van der Waals surface area contributed by atoms with Crippen LogP contribution in [-0.2, 0) is 0 Å². The van der Waals surface area contributed by atoms with Crippen LogP contribution in [0, 0.1) is 6.92 Å². The molecular weight excluding hydrogens is 380 g/mol. The summed E-state index contributed by atoms with van der Waals surface area (Å²) in [5, 5.41) is 0.434. The van der Waals surface area contributed by atoms with Gasteiger partial charge in [-0.05, 0) is 25.1 Å². The smallest absolute Gasteiger partial charge is 0.200 e. The number of hydrogen-bond acceptors (Lipinski definition) is 5. The number of Topliss-reactive ketones (excluding diaryl/α,β-unsaturated/α-hetero) is 1. The number of rotatable bonds is 6. The number of ketones is 1. The molecular formula is C25H20O5. The summed E-state index contributed by atoms with van der Waals surface area (Å²) in [5.74, 6) is 1.42. The average molecular weight is 400 g/mol. The first kappa shape index (κ1) is 19.5. The van der Waals surface area contributed by atoms with Gasteiger partial charge in [-0.3, -0.25) is 9.59 Å². The number of carbonyl (C=O) groups excluding carboxylic acids is 1. The van der Waals surface area contributed by atoms with Crippen molar-refractivity contribution in [3.63, 3.8) is 0 Å². The SMILES string of the molecule is COc1ccccc1-c1c(C)oc2cc(OCC(=O)c3ccccc3)ccc2c1=O. The fourth-order valence-electron chi connectivity index (χ4n) is 3.39. The van der Waals surface area contributed by atoms with Gasteiger partial charge in [-0.2, -0.15) is 0 Å². The van der Waals surface area contributed by atoms with Crippen molar-refractivity contribution in [1.82, 2.24) is 0 Å². The quantitative estimate of drug-likeness (QED) is 0.424. The van der Waals surface area contributed by atoms with Gasteiger partial charge in [0.05, 0.1) is 18.1 Å². The van der Waals surface area contributed by atoms with Gasteiger partial charge in [0.2, 0.25) is 5.43 Å². The molecule has 0 fully saturated rings. The summed E-state index contributed by atoms with van der Waals surface area (Å²) in [6, 6.07) is 21.2. The van der Waals surface area contributed by atoms with Crippen molar-refractivity contribution in [3.05, 3.63) is 94.3 Å². The number of benzene rings is 3. The monoisotopic (exact) mass is 400 g/mol. The molecule has 0 aliphatic rings. The van der Waals surface area contributed by atoms with Crippen molar-refractivity contribution < 1.29 is 18.7 Å². The summed E-state index contributed by atoms with van der Waals surface area (Å²) in [6.07, 6.45) is 0. The van der Waals surface area contributed by atoms with E-state index in [9.17, 15) is 9.59 Å². The van der Waals surface area contributed by atoms with E-state index in [2.05, 4.69) is 0 Å². The van der Waals surface area contributed by atoms with Gasteiger partial charge < -0.3 is 13.9 Å². The third kappa shape index (κ3) is 3.70. The lowest BCUT2D eigenvalue weighted by Crippen LogP contribution is -2.12. The Labute approximate surface area is 173 Å². The maximum absolute atomic E-state index is 13.2. The van der Waals surface area contributed by atoms with Crippen molar-refractivity contribution in [2.24, 2.45) is 0 Å². The molecule has 0 aliphatic carbocycles. The van der Waals surface area contributed by atoms with E-state index in [1.165, 1.54) is 0 Å². The highest BCUT2D eigenvalue weighted by Gasteiger charge is 2.17. The molecule has 0 atom stereocenters. The zero-order valence-electron chi connectivity index (χ0n) is 16.7. The van der Waals surface area contributed by atoms with Crippen LogP contribution in [0.2, 0.25) is 0 Å². The summed E-state index contributed by atoms with van der Waals surface area (Å²) < 4.78 is 17.0. The first-order chi connectivity index (χ1) is 14.6. The van der Waals surface area contributed by atoms with Crippen molar-refractivity contribution in [2.45, 2.75) is 6.92 Å². The van der Waals surface area contributed by atoms with E-state index in [4.69, 9.17) is 13.9 Å². The van der Waals surface area contributed by atoms with E-state index in [1.54, 1.807) is 62.6 Å². The molecule has 0 radical (unpaired) electrons. The highest BCUT2D eigenvalue weighted by atomic mass is 16.5. The van der Waals surface area contributed by atoms with Crippen LogP contribution in [0.5, 0.6) is 11.5 Å². The fraction of sp³-hybridized carbons (Fsp3) is 0.120. The van der Waals surface area contributed by atoms with Gasteiger partial charge in [-0.1, -0.05) is 48.5 Å². The molecule has 0 saturated heterocycles. The van der Waals surface area contributed by atoms with Crippen LogP contribution in [-0.4, -0.2) is 19.5 Å². The Kier molecular flexibility index (Phi) is 5.35. The maximum atomic E-state index is 13.2. The molecule has 0 saturated carbocycles. The Morgan fingerprint density at radius 1 is 0.967 bits per heavy atom. The molecule has 4 rings (SSSR count). The summed E-state index contributed by atoms with van der Waals surface area (Å²) in [7, 11) is 1.57. The Balaban J connectivity index is 1.66.